The van der Waals surface area contributed by atoms with Crippen LogP contribution in [0.2, 0.25) is 10.0 Å². The highest BCUT2D eigenvalue weighted by Crippen LogP contribution is 2.51. The lowest BCUT2D eigenvalue weighted by Gasteiger charge is -2.48. The number of nitrogens with two attached hydrogens (primary N) is 1. The average Bonchev–Trinajstić information content (AvgIpc) is 0.769. The second-order valence-corrected chi connectivity index (χ2v) is 36.9. The number of fused-ring (bicyclic) bond motifs is 15. The van der Waals surface area contributed by atoms with Crippen LogP contribution in [0.4, 0.5) is 4.79 Å². The molecule has 740 valence electrons. The predicted octanol–water partition coefficient (Wildman–Crippen LogP) is 4.92. The molecule has 11 bridgehead atoms. The zero-order valence-electron chi connectivity index (χ0n) is 74.6. The first-order chi connectivity index (χ1) is 64.7. The van der Waals surface area contributed by atoms with Crippen LogP contribution in [0.15, 0.2) is 72.8 Å². The van der Waals surface area contributed by atoms with Crippen LogP contribution in [0, 0.1) is 5.92 Å². The maximum atomic E-state index is 16.4. The lowest BCUT2D eigenvalue weighted by atomic mass is 9.85. The number of hydrogen-bond acceptors (Lipinski definition) is 34. The van der Waals surface area contributed by atoms with Crippen LogP contribution in [0.5, 0.6) is 46.0 Å². The number of esters is 1. The van der Waals surface area contributed by atoms with E-state index in [1.807, 2.05) is 0 Å². The van der Waals surface area contributed by atoms with Crippen molar-refractivity contribution in [3.05, 3.63) is 116 Å². The molecule has 18 atom stereocenters. The fourth-order valence-corrected chi connectivity index (χ4v) is 17.3. The number of nitrogens with zero attached hydrogens (tertiary/aromatic N) is 1. The summed E-state index contributed by atoms with van der Waals surface area (Å²) in [6, 6.07) is -2.48. The number of aromatic hydroxyl groups is 3. The molecule has 7 aliphatic heterocycles. The number of hydrogen-bond donors (Lipinski definition) is 21. The van der Waals surface area contributed by atoms with E-state index in [-0.39, 0.29) is 55.8 Å². The van der Waals surface area contributed by atoms with Gasteiger partial charge in [-0.1, -0.05) is 107 Å². The number of aliphatic hydroxyl groups excluding tert-OH is 6. The first-order valence-corrected chi connectivity index (χ1v) is 47.2. The Kier molecular flexibility index (Phi) is 39.1. The van der Waals surface area contributed by atoms with Crippen molar-refractivity contribution in [3.8, 4) is 57.1 Å². The SMILES string of the molecule is CCCCCCCCCCN(CCN[C@@]1(C)C[C@H](O[C@H]2[C@H](Oc3c4cc5cc3Oc3ccc(cc3Cl)[C@@H](O)[C@@H](NC(=O)[C@@H](CC(C)C)NC)C(=O)N[C@@H](CC(N)=O)C(=O)N[C@H]5C(=O)N[C@H]3C(=O)N[C@H](C(=O)N[C@H](C(=O)O)c5cc(O)c(CNCP=O)c(O)c5-c5cc3ccc5O)[C@H](O)c3ccc(c(Cl)c3)O4)O[C@H](CO)[C@@H](O)[C@@H]2O)O[C@@H](C)[C@H]1O)C(=O)OCOC(=O)CCC(=O)NC(P=O)P=O. The number of likely N-dealkylation sites (N-methyl/N-ethyl adjacent to an activating group) is 1. The molecule has 0 spiro atoms. The van der Waals surface area contributed by atoms with Crippen molar-refractivity contribution in [1.82, 2.24) is 58.1 Å². The van der Waals surface area contributed by atoms with Crippen molar-refractivity contribution in [3.63, 3.8) is 0 Å². The van der Waals surface area contributed by atoms with Crippen molar-refractivity contribution in [2.24, 2.45) is 11.7 Å². The van der Waals surface area contributed by atoms with Gasteiger partial charge in [0.1, 0.15) is 89.5 Å². The smallest absolute Gasteiger partial charge is 0.412 e. The van der Waals surface area contributed by atoms with Crippen molar-refractivity contribution in [1.29, 1.82) is 0 Å². The summed E-state index contributed by atoms with van der Waals surface area (Å²) in [5.74, 6) is -18.8. The molecular formula is C87H111Cl2N12O32P3. The second-order valence-electron chi connectivity index (χ2n) is 33.7. The molecule has 7 heterocycles. The first-order valence-electron chi connectivity index (χ1n) is 43.7. The zero-order chi connectivity index (χ0) is 99.3. The van der Waals surface area contributed by atoms with Crippen molar-refractivity contribution >= 4 is 114 Å². The van der Waals surface area contributed by atoms with Crippen LogP contribution >= 0.6 is 48.6 Å². The average molecular weight is 2000 g/mol. The molecule has 2 saturated heterocycles. The van der Waals surface area contributed by atoms with Crippen LogP contribution in [0.25, 0.3) is 11.1 Å². The number of unbranched alkanes of at least 4 members (excludes halogenated alkanes) is 7. The molecule has 136 heavy (non-hydrogen) atoms. The Morgan fingerprint density at radius 3 is 1.93 bits per heavy atom. The molecule has 49 heteroatoms. The number of benzene rings is 5. The van der Waals surface area contributed by atoms with Crippen LogP contribution in [0.1, 0.15) is 182 Å². The number of primary amides is 1. The molecule has 12 rings (SSSR count). The van der Waals surface area contributed by atoms with E-state index in [0.29, 0.717) is 12.8 Å². The highest BCUT2D eigenvalue weighted by atomic mass is 35.5. The molecule has 44 nitrogen and oxygen atoms in total. The van der Waals surface area contributed by atoms with Crippen LogP contribution in [-0.2, 0) is 91.9 Å². The molecule has 0 radical (unpaired) electrons. The largest absolute Gasteiger partial charge is 0.507 e. The van der Waals surface area contributed by atoms with Gasteiger partial charge in [0, 0.05) is 61.2 Å². The van der Waals surface area contributed by atoms with E-state index in [4.69, 9.17) is 66.8 Å². The van der Waals surface area contributed by atoms with Gasteiger partial charge in [0.05, 0.1) is 59.6 Å². The minimum Gasteiger partial charge on any atom is -0.507 e. The quantitative estimate of drug-likeness (QED) is 0.0108. The lowest BCUT2D eigenvalue weighted by Crippen LogP contribution is -2.66. The van der Waals surface area contributed by atoms with Gasteiger partial charge in [-0.3, -0.25) is 56.8 Å². The number of carboxylic acid groups (broad SMARTS) is 1. The van der Waals surface area contributed by atoms with Gasteiger partial charge in [0.15, 0.2) is 60.8 Å². The maximum Gasteiger partial charge on any atom is 0.412 e. The van der Waals surface area contributed by atoms with E-state index in [2.05, 4.69) is 60.1 Å². The number of aliphatic hydroxyl groups is 6. The maximum absolute atomic E-state index is 16.4. The van der Waals surface area contributed by atoms with Gasteiger partial charge in [-0.05, 0) is 117 Å². The van der Waals surface area contributed by atoms with Crippen LogP contribution in [0.3, 0.4) is 0 Å². The first kappa shape index (κ1) is 107. The molecular weight excluding hydrogens is 1890 g/mol. The van der Waals surface area contributed by atoms with Crippen molar-refractivity contribution in [2.75, 3.05) is 46.4 Å². The molecule has 5 aromatic rings. The molecule has 22 N–H and O–H groups in total. The number of amides is 9. The molecule has 5 aromatic carbocycles. The Balaban J connectivity index is 1.11. The number of halogens is 2. The fourth-order valence-electron chi connectivity index (χ4n) is 16.1. The number of aliphatic carboxylic acids is 1. The summed E-state index contributed by atoms with van der Waals surface area (Å²) in [7, 11) is -0.258. The summed E-state index contributed by atoms with van der Waals surface area (Å²) in [5, 5.41) is 144. The highest BCUT2D eigenvalue weighted by molar-refractivity contribution is 7.44. The Bertz CT molecular complexity index is 5200. The number of phenolic OH excluding ortho intramolecular Hbond substituents is 3. The fraction of sp³-hybridized carbons (Fsp3) is 0.529. The summed E-state index contributed by atoms with van der Waals surface area (Å²) >= 11 is 14.4. The number of carbonyl (C=O) groups is 11. The number of phenols is 3. The van der Waals surface area contributed by atoms with Gasteiger partial charge < -0.3 is 153 Å². The third kappa shape index (κ3) is 27.2. The number of nitrogens with one attached hydrogen (secondary N) is 10. The lowest BCUT2D eigenvalue weighted by molar-refractivity contribution is -0.334. The van der Waals surface area contributed by atoms with Gasteiger partial charge in [-0.15, -0.1) is 0 Å². The van der Waals surface area contributed by atoms with Crippen LogP contribution in [-0.4, -0.2) is 252 Å². The van der Waals surface area contributed by atoms with E-state index >= 15 is 24.0 Å². The van der Waals surface area contributed by atoms with Crippen molar-refractivity contribution < 1.29 is 155 Å². The van der Waals surface area contributed by atoms with Gasteiger partial charge >= 0.3 is 18.0 Å². The summed E-state index contributed by atoms with van der Waals surface area (Å²) in [5.41, 5.74) is -0.648. The summed E-state index contributed by atoms with van der Waals surface area (Å²) in [6.45, 7) is 6.29. The molecule has 0 aliphatic carbocycles. The molecule has 2 fully saturated rings. The minimum atomic E-state index is -2.45. The second kappa shape index (κ2) is 49.5. The number of carboxylic acids is 1. The third-order valence-corrected chi connectivity index (χ3v) is 25.6. The van der Waals surface area contributed by atoms with Gasteiger partial charge in [-0.2, -0.15) is 0 Å². The van der Waals surface area contributed by atoms with Gasteiger partial charge in [-0.25, -0.2) is 9.59 Å². The number of carbonyl (C=O) groups excluding carboxylic acids is 10. The summed E-state index contributed by atoms with van der Waals surface area (Å²) < 4.78 is 84.0. The predicted molar refractivity (Wildman–Crippen MR) is 480 cm³/mol. The Morgan fingerprint density at radius 1 is 0.699 bits per heavy atom. The van der Waals surface area contributed by atoms with E-state index in [9.17, 15) is 93.5 Å². The molecule has 0 aromatic heterocycles. The van der Waals surface area contributed by atoms with Gasteiger partial charge in [0.2, 0.25) is 66.1 Å². The zero-order valence-corrected chi connectivity index (χ0v) is 78.8. The van der Waals surface area contributed by atoms with Crippen LogP contribution < -0.4 is 73.1 Å². The Morgan fingerprint density at radius 2 is 1.32 bits per heavy atom. The third-order valence-electron chi connectivity index (χ3n) is 23.4. The molecule has 9 amide bonds. The van der Waals surface area contributed by atoms with E-state index in [0.717, 1.165) is 105 Å². The van der Waals surface area contributed by atoms with E-state index < -0.39 is 334 Å². The summed E-state index contributed by atoms with van der Waals surface area (Å²) in [6.07, 6.45) is -15.0. The minimum absolute atomic E-state index is 0.0888. The van der Waals surface area contributed by atoms with Gasteiger partial charge in [0.25, 0.3) is 0 Å². The number of ether oxygens (including phenoxy) is 8. The standard InChI is InChI=1S/C87H111Cl2N12O32P3/c1-7-8-9-10-11-12-13-14-24-101(86(122)127-38-126-61(107)22-21-60(106)95-85(135-124)136-125)25-23-93-87(5)34-62(128-40(4)76(87)113)132-75-73(112)72(111)58(36-102)131-84(75)133-74-56-30-44-31-57(74)130-55-20-17-43(29-49(55)89)70(109)68-82(119)98-66(83(120)121)46-32-53(104)47(35-92-37-134-123)71(110)63(46)45-27-41(15-18-52(45)103)64(79(116)100-68)97-80(117)65(44)96-78(115)51(33-59(90)105)94-81(118)67(99-77(114)50(91-6)26-39(2)3)69(108)42-16-19-54(129-56)48(88)28-42/h15-20,27-32,39-40,50-51,58,62,64-70,72-73,75-76,84-85,91-93,102-104,108-113H,7-14,21-26,33-38H2,1-6H3,(H2,90,105)(H,94,118)(H,95,106)(H,96,115)(H,97,117)(H,98,119)(H,99,114)(H,100,116)(H,120,121)/t40-,50+,51-,58+,62-,64+,65+,66-,67+,68-,69+,70+,72+,73-,75+,76+,84-,87-/m0/s1. The Hall–Kier alpha value is -10.7. The Labute approximate surface area is 794 Å². The van der Waals surface area contributed by atoms with E-state index in [1.54, 1.807) is 20.8 Å². The molecule has 0 unspecified atom stereocenters. The normalized spacial score (nSPS) is 25.1. The topological polar surface area (TPSA) is 665 Å². The number of rotatable bonds is 38. The van der Waals surface area contributed by atoms with E-state index in [1.165, 1.54) is 24.9 Å². The van der Waals surface area contributed by atoms with Crippen molar-refractivity contribution in [2.45, 2.75) is 239 Å². The molecule has 0 saturated carbocycles. The highest BCUT2D eigenvalue weighted by Gasteiger charge is 2.53. The monoisotopic (exact) mass is 2000 g/mol. The summed E-state index contributed by atoms with van der Waals surface area (Å²) in [4.78, 5) is 160. The molecule has 7 aliphatic rings.